The zero-order valence-electron chi connectivity index (χ0n) is 15.3. The molecule has 8 nitrogen and oxygen atoms in total. The topological polar surface area (TPSA) is 83.8 Å². The van der Waals surface area contributed by atoms with E-state index >= 15 is 0 Å². The molecular formula is C18H24N6O2. The molecule has 1 aromatic rings. The molecule has 0 aromatic carbocycles. The standard InChI is InChI=1S/C18H24N6O2/c1-14-11-16(12-19)13-20-17(14)22-5-9-24(10-6-22)18(26)23-7-3-21(4-8-23)15(2)25/h11,13H,3-10H2,1-2H3. The first-order valence-corrected chi connectivity index (χ1v) is 8.90. The van der Waals surface area contributed by atoms with Crippen molar-refractivity contribution in [3.8, 4) is 6.07 Å². The number of rotatable bonds is 1. The normalized spacial score (nSPS) is 17.9. The zero-order chi connectivity index (χ0) is 18.7. The Morgan fingerprint density at radius 3 is 2.04 bits per heavy atom. The van der Waals surface area contributed by atoms with E-state index in [0.717, 1.165) is 24.5 Å². The van der Waals surface area contributed by atoms with Gasteiger partial charge < -0.3 is 19.6 Å². The summed E-state index contributed by atoms with van der Waals surface area (Å²) in [6, 6.07) is 4.00. The molecule has 0 radical (unpaired) electrons. The van der Waals surface area contributed by atoms with Gasteiger partial charge in [0.2, 0.25) is 5.91 Å². The second-order valence-corrected chi connectivity index (χ2v) is 6.73. The zero-order valence-corrected chi connectivity index (χ0v) is 15.3. The average molecular weight is 356 g/mol. The maximum Gasteiger partial charge on any atom is 0.320 e. The fraction of sp³-hybridized carbons (Fsp3) is 0.556. The van der Waals surface area contributed by atoms with Gasteiger partial charge in [-0.25, -0.2) is 9.78 Å². The Balaban J connectivity index is 1.55. The van der Waals surface area contributed by atoms with Crippen LogP contribution in [0.25, 0.3) is 0 Å². The molecule has 1 aromatic heterocycles. The molecule has 0 bridgehead atoms. The maximum atomic E-state index is 12.7. The fourth-order valence-corrected chi connectivity index (χ4v) is 3.48. The highest BCUT2D eigenvalue weighted by Gasteiger charge is 2.29. The number of nitriles is 1. The number of nitrogens with zero attached hydrogens (tertiary/aromatic N) is 6. The van der Waals surface area contributed by atoms with Gasteiger partial charge in [-0.1, -0.05) is 0 Å². The summed E-state index contributed by atoms with van der Waals surface area (Å²) in [6.45, 7) is 8.65. The van der Waals surface area contributed by atoms with Gasteiger partial charge in [-0.15, -0.1) is 0 Å². The van der Waals surface area contributed by atoms with Crippen molar-refractivity contribution < 1.29 is 9.59 Å². The minimum atomic E-state index is 0.0531. The quantitative estimate of drug-likeness (QED) is 0.738. The van der Waals surface area contributed by atoms with Gasteiger partial charge in [-0.05, 0) is 18.6 Å². The number of carbonyl (C=O) groups excluding carboxylic acids is 2. The first-order chi connectivity index (χ1) is 12.5. The van der Waals surface area contributed by atoms with Crippen LogP contribution in [0.1, 0.15) is 18.1 Å². The molecule has 3 rings (SSSR count). The Morgan fingerprint density at radius 1 is 1.00 bits per heavy atom. The molecule has 26 heavy (non-hydrogen) atoms. The van der Waals surface area contributed by atoms with Gasteiger partial charge in [0.25, 0.3) is 0 Å². The van der Waals surface area contributed by atoms with Crippen LogP contribution in [0.4, 0.5) is 10.6 Å². The molecule has 0 aliphatic carbocycles. The second-order valence-electron chi connectivity index (χ2n) is 6.73. The van der Waals surface area contributed by atoms with Gasteiger partial charge in [0.1, 0.15) is 11.9 Å². The molecule has 0 saturated carbocycles. The Labute approximate surface area is 153 Å². The van der Waals surface area contributed by atoms with Gasteiger partial charge in [0.15, 0.2) is 0 Å². The lowest BCUT2D eigenvalue weighted by molar-refractivity contribution is -0.130. The number of carbonyl (C=O) groups is 2. The van der Waals surface area contributed by atoms with Crippen LogP contribution in [0.3, 0.4) is 0 Å². The number of urea groups is 1. The van der Waals surface area contributed by atoms with Crippen LogP contribution in [0.15, 0.2) is 12.3 Å². The highest BCUT2D eigenvalue weighted by atomic mass is 16.2. The van der Waals surface area contributed by atoms with Crippen LogP contribution in [-0.4, -0.2) is 84.0 Å². The molecule has 0 spiro atoms. The Morgan fingerprint density at radius 2 is 1.54 bits per heavy atom. The lowest BCUT2D eigenvalue weighted by Gasteiger charge is -2.41. The van der Waals surface area contributed by atoms with E-state index < -0.39 is 0 Å². The number of amides is 3. The van der Waals surface area contributed by atoms with E-state index in [1.165, 1.54) is 0 Å². The number of hydrogen-bond acceptors (Lipinski definition) is 5. The number of aromatic nitrogens is 1. The molecule has 3 heterocycles. The lowest BCUT2D eigenvalue weighted by Crippen LogP contribution is -2.57. The number of hydrogen-bond donors (Lipinski definition) is 0. The summed E-state index contributed by atoms with van der Waals surface area (Å²) in [4.78, 5) is 36.2. The number of pyridine rings is 1. The minimum Gasteiger partial charge on any atom is -0.353 e. The minimum absolute atomic E-state index is 0.0531. The van der Waals surface area contributed by atoms with Gasteiger partial charge in [0, 0.05) is 65.5 Å². The highest BCUT2D eigenvalue weighted by Crippen LogP contribution is 2.20. The first kappa shape index (κ1) is 18.0. The van der Waals surface area contributed by atoms with Gasteiger partial charge in [0.05, 0.1) is 5.56 Å². The lowest BCUT2D eigenvalue weighted by atomic mass is 10.2. The van der Waals surface area contributed by atoms with Gasteiger partial charge in [-0.2, -0.15) is 5.26 Å². The Bertz CT molecular complexity index is 728. The molecule has 2 aliphatic rings. The van der Waals surface area contributed by atoms with Crippen molar-refractivity contribution in [2.75, 3.05) is 57.3 Å². The van der Waals surface area contributed by atoms with E-state index in [1.807, 2.05) is 22.8 Å². The highest BCUT2D eigenvalue weighted by molar-refractivity contribution is 5.76. The maximum absolute atomic E-state index is 12.7. The fourth-order valence-electron chi connectivity index (χ4n) is 3.48. The number of aryl methyl sites for hydroxylation is 1. The summed E-state index contributed by atoms with van der Waals surface area (Å²) in [5.41, 5.74) is 1.54. The Kier molecular flexibility index (Phi) is 5.26. The van der Waals surface area contributed by atoms with Crippen LogP contribution in [-0.2, 0) is 4.79 Å². The van der Waals surface area contributed by atoms with E-state index in [4.69, 9.17) is 5.26 Å². The van der Waals surface area contributed by atoms with Crippen molar-refractivity contribution in [2.24, 2.45) is 0 Å². The summed E-state index contributed by atoms with van der Waals surface area (Å²) in [6.07, 6.45) is 1.59. The van der Waals surface area contributed by atoms with Crippen LogP contribution >= 0.6 is 0 Å². The van der Waals surface area contributed by atoms with Crippen molar-refractivity contribution in [2.45, 2.75) is 13.8 Å². The SMILES string of the molecule is CC(=O)N1CCN(C(=O)N2CCN(c3ncc(C#N)cc3C)CC2)CC1. The summed E-state index contributed by atoms with van der Waals surface area (Å²) in [5.74, 6) is 0.946. The average Bonchev–Trinajstić information content (AvgIpc) is 2.67. The van der Waals surface area contributed by atoms with Crippen molar-refractivity contribution in [3.05, 3.63) is 23.4 Å². The first-order valence-electron chi connectivity index (χ1n) is 8.90. The number of piperazine rings is 2. The monoisotopic (exact) mass is 356 g/mol. The third-order valence-corrected chi connectivity index (χ3v) is 5.02. The molecule has 138 valence electrons. The van der Waals surface area contributed by atoms with Crippen LogP contribution < -0.4 is 4.90 Å². The molecular weight excluding hydrogens is 332 g/mol. The third-order valence-electron chi connectivity index (χ3n) is 5.02. The smallest absolute Gasteiger partial charge is 0.320 e. The summed E-state index contributed by atoms with van der Waals surface area (Å²) in [7, 11) is 0. The van der Waals surface area contributed by atoms with Crippen molar-refractivity contribution in [3.63, 3.8) is 0 Å². The Hall–Kier alpha value is -2.82. The molecule has 0 atom stereocenters. The predicted octanol–water partition coefficient (Wildman–Crippen LogP) is 0.668. The van der Waals surface area contributed by atoms with Gasteiger partial charge in [-0.3, -0.25) is 4.79 Å². The van der Waals surface area contributed by atoms with Crippen molar-refractivity contribution >= 4 is 17.8 Å². The van der Waals surface area contributed by atoms with E-state index in [0.29, 0.717) is 44.8 Å². The summed E-state index contributed by atoms with van der Waals surface area (Å²) < 4.78 is 0. The predicted molar refractivity (Wildman–Crippen MR) is 96.7 cm³/mol. The summed E-state index contributed by atoms with van der Waals surface area (Å²) >= 11 is 0. The van der Waals surface area contributed by atoms with E-state index in [9.17, 15) is 9.59 Å². The molecule has 0 unspecified atom stereocenters. The third kappa shape index (κ3) is 3.72. The van der Waals surface area contributed by atoms with Crippen molar-refractivity contribution in [1.29, 1.82) is 5.26 Å². The second kappa shape index (κ2) is 7.60. The molecule has 2 saturated heterocycles. The number of anilines is 1. The van der Waals surface area contributed by atoms with E-state index in [2.05, 4.69) is 16.0 Å². The molecule has 3 amide bonds. The molecule has 0 N–H and O–H groups in total. The molecule has 8 heteroatoms. The van der Waals surface area contributed by atoms with Gasteiger partial charge >= 0.3 is 6.03 Å². The largest absolute Gasteiger partial charge is 0.353 e. The van der Waals surface area contributed by atoms with Crippen LogP contribution in [0, 0.1) is 18.3 Å². The molecule has 2 aliphatic heterocycles. The summed E-state index contributed by atoms with van der Waals surface area (Å²) in [5, 5.41) is 8.96. The van der Waals surface area contributed by atoms with E-state index in [1.54, 1.807) is 18.0 Å². The van der Waals surface area contributed by atoms with Crippen molar-refractivity contribution in [1.82, 2.24) is 19.7 Å². The van der Waals surface area contributed by atoms with E-state index in [-0.39, 0.29) is 11.9 Å². The van der Waals surface area contributed by atoms with Crippen LogP contribution in [0.5, 0.6) is 0 Å². The van der Waals surface area contributed by atoms with Crippen LogP contribution in [0.2, 0.25) is 0 Å². The molecule has 2 fully saturated rings.